The van der Waals surface area contributed by atoms with Crippen molar-refractivity contribution in [1.29, 1.82) is 0 Å². The van der Waals surface area contributed by atoms with Crippen molar-refractivity contribution in [3.63, 3.8) is 0 Å². The molecule has 1 amide bonds. The van der Waals surface area contributed by atoms with E-state index >= 15 is 0 Å². The highest BCUT2D eigenvalue weighted by Crippen LogP contribution is 2.56. The summed E-state index contributed by atoms with van der Waals surface area (Å²) >= 11 is 6.55. The third-order valence-electron chi connectivity index (χ3n) is 7.67. The molecule has 3 unspecified atom stereocenters. The molecule has 0 saturated heterocycles. The van der Waals surface area contributed by atoms with E-state index in [1.54, 1.807) is 19.1 Å². The van der Waals surface area contributed by atoms with Crippen molar-refractivity contribution in [3.8, 4) is 34.5 Å². The monoisotopic (exact) mass is 557 g/mol. The number of carbonyl (C=O) groups excluding carboxylic acids is 3. The van der Waals surface area contributed by atoms with E-state index in [0.29, 0.717) is 28.5 Å². The van der Waals surface area contributed by atoms with Crippen LogP contribution in [0.3, 0.4) is 0 Å². The Bertz CT molecular complexity index is 1450. The molecule has 2 aromatic rings. The van der Waals surface area contributed by atoms with Crippen molar-refractivity contribution in [1.82, 2.24) is 5.32 Å². The lowest BCUT2D eigenvalue weighted by molar-refractivity contribution is -0.131. The first kappa shape index (κ1) is 26.7. The van der Waals surface area contributed by atoms with Crippen LogP contribution in [-0.4, -0.2) is 58.6 Å². The third kappa shape index (κ3) is 3.72. The van der Waals surface area contributed by atoms with Gasteiger partial charge < -0.3 is 33.7 Å². The Kier molecular flexibility index (Phi) is 6.62. The van der Waals surface area contributed by atoms with Gasteiger partial charge in [-0.2, -0.15) is 0 Å². The Hall–Kier alpha value is -3.92. The van der Waals surface area contributed by atoms with Gasteiger partial charge in [0.05, 0.1) is 35.5 Å². The number of rotatable bonds is 6. The number of halogens is 1. The molecule has 2 heterocycles. The fourth-order valence-corrected chi connectivity index (χ4v) is 6.05. The zero-order valence-corrected chi connectivity index (χ0v) is 23.1. The van der Waals surface area contributed by atoms with Crippen LogP contribution in [0.15, 0.2) is 29.5 Å². The van der Waals surface area contributed by atoms with Crippen LogP contribution in [0.25, 0.3) is 0 Å². The Morgan fingerprint density at radius 1 is 0.821 bits per heavy atom. The second-order valence-corrected chi connectivity index (χ2v) is 9.92. The predicted octanol–water partition coefficient (Wildman–Crippen LogP) is 3.86. The fraction of sp³-hybridized carbons (Fsp3) is 0.393. The van der Waals surface area contributed by atoms with Crippen LogP contribution in [0.2, 0.25) is 5.02 Å². The molecule has 3 aliphatic rings. The minimum absolute atomic E-state index is 0.0298. The quantitative estimate of drug-likeness (QED) is 0.528. The number of carbonyl (C=O) groups is 3. The van der Waals surface area contributed by atoms with E-state index in [0.717, 1.165) is 0 Å². The van der Waals surface area contributed by atoms with Gasteiger partial charge in [0.25, 0.3) is 0 Å². The molecule has 2 aliphatic heterocycles. The van der Waals surface area contributed by atoms with Crippen molar-refractivity contribution in [2.75, 3.05) is 35.5 Å². The maximum atomic E-state index is 14.5. The standard InChI is InChI=1S/C28H28ClNO9/c1-12-7-15-22(14(9-21(31)30-15)13-8-17(35-3)18(36-4)10-16(13)34-2)26(32)28(12)27(33)23-19(37-5)11-20(38-6)24(29)25(23)39-28/h8,10-12,14H,7,9H2,1-6H3,(H,30,31). The zero-order valence-electron chi connectivity index (χ0n) is 22.4. The van der Waals surface area contributed by atoms with Crippen LogP contribution in [0.5, 0.6) is 34.5 Å². The molecule has 1 N–H and O–H groups in total. The van der Waals surface area contributed by atoms with E-state index in [-0.39, 0.29) is 52.2 Å². The summed E-state index contributed by atoms with van der Waals surface area (Å²) in [5, 5.41) is 2.91. The third-order valence-corrected chi connectivity index (χ3v) is 8.03. The van der Waals surface area contributed by atoms with Crippen LogP contribution < -0.4 is 33.7 Å². The molecule has 10 nitrogen and oxygen atoms in total. The zero-order chi connectivity index (χ0) is 28.2. The molecule has 0 bridgehead atoms. The van der Waals surface area contributed by atoms with Crippen LogP contribution in [0.4, 0.5) is 0 Å². The van der Waals surface area contributed by atoms with Gasteiger partial charge in [-0.15, -0.1) is 0 Å². The van der Waals surface area contributed by atoms with Crippen molar-refractivity contribution >= 4 is 29.1 Å². The van der Waals surface area contributed by atoms with E-state index in [1.807, 2.05) is 0 Å². The second kappa shape index (κ2) is 9.68. The van der Waals surface area contributed by atoms with E-state index in [9.17, 15) is 14.4 Å². The molecule has 0 radical (unpaired) electrons. The van der Waals surface area contributed by atoms with Crippen LogP contribution in [-0.2, 0) is 9.59 Å². The number of hydrogen-bond acceptors (Lipinski definition) is 9. The number of amides is 1. The van der Waals surface area contributed by atoms with Crippen molar-refractivity contribution in [3.05, 3.63) is 45.6 Å². The van der Waals surface area contributed by atoms with Gasteiger partial charge in [-0.25, -0.2) is 0 Å². The Morgan fingerprint density at radius 2 is 1.41 bits per heavy atom. The first-order chi connectivity index (χ1) is 18.7. The van der Waals surface area contributed by atoms with Gasteiger partial charge >= 0.3 is 0 Å². The molecule has 206 valence electrons. The highest BCUT2D eigenvalue weighted by atomic mass is 35.5. The molecule has 0 aromatic heterocycles. The summed E-state index contributed by atoms with van der Waals surface area (Å²) in [6.45, 7) is 1.73. The van der Waals surface area contributed by atoms with Crippen LogP contribution in [0, 0.1) is 5.92 Å². The first-order valence-electron chi connectivity index (χ1n) is 12.2. The van der Waals surface area contributed by atoms with Gasteiger partial charge in [-0.05, 0) is 12.5 Å². The fourth-order valence-electron chi connectivity index (χ4n) is 5.78. The summed E-state index contributed by atoms with van der Waals surface area (Å²) in [5.41, 5.74) is -0.585. The smallest absolute Gasteiger partial charge is 0.236 e. The maximum Gasteiger partial charge on any atom is 0.236 e. The number of ether oxygens (including phenoxy) is 6. The lowest BCUT2D eigenvalue weighted by Crippen LogP contribution is -2.59. The van der Waals surface area contributed by atoms with Crippen LogP contribution >= 0.6 is 11.6 Å². The minimum Gasteiger partial charge on any atom is -0.496 e. The molecule has 11 heteroatoms. The highest BCUT2D eigenvalue weighted by molar-refractivity contribution is 6.36. The average molecular weight is 558 g/mol. The predicted molar refractivity (Wildman–Crippen MR) is 140 cm³/mol. The van der Waals surface area contributed by atoms with E-state index in [4.69, 9.17) is 40.0 Å². The largest absolute Gasteiger partial charge is 0.496 e. The number of Topliss-reactive ketones (excluding diaryl/α,β-unsaturated/α-hetero) is 2. The SMILES string of the molecule is COc1cc(OC)c(C2CC(=O)NC3=C2C(=O)C2(Oc4c(Cl)c(OC)cc(OC)c4C2=O)C(C)C3)cc1OC. The molecular weight excluding hydrogens is 530 g/mol. The molecule has 1 aliphatic carbocycles. The van der Waals surface area contributed by atoms with Crippen LogP contribution in [0.1, 0.15) is 41.6 Å². The van der Waals surface area contributed by atoms with Gasteiger partial charge in [0, 0.05) is 47.2 Å². The average Bonchev–Trinajstić information content (AvgIpc) is 3.25. The maximum absolute atomic E-state index is 14.5. The second-order valence-electron chi connectivity index (χ2n) is 9.55. The highest BCUT2D eigenvalue weighted by Gasteiger charge is 2.63. The Balaban J connectivity index is 1.69. The molecule has 5 rings (SSSR count). The molecule has 2 aromatic carbocycles. The van der Waals surface area contributed by atoms with Gasteiger partial charge in [0.15, 0.2) is 17.2 Å². The number of hydrogen-bond donors (Lipinski definition) is 1. The Morgan fingerprint density at radius 3 is 2.03 bits per heavy atom. The minimum atomic E-state index is -1.91. The van der Waals surface area contributed by atoms with Gasteiger partial charge in [-0.3, -0.25) is 14.4 Å². The van der Waals surface area contributed by atoms with E-state index in [2.05, 4.69) is 5.32 Å². The van der Waals surface area contributed by atoms with Crippen molar-refractivity contribution < 1.29 is 42.8 Å². The Labute approximate surface area is 230 Å². The number of ketones is 2. The lowest BCUT2D eigenvalue weighted by atomic mass is 9.66. The normalized spacial score (nSPS) is 23.6. The van der Waals surface area contributed by atoms with Gasteiger partial charge in [0.2, 0.25) is 23.1 Å². The summed E-state index contributed by atoms with van der Waals surface area (Å²) in [4.78, 5) is 41.5. The summed E-state index contributed by atoms with van der Waals surface area (Å²) < 4.78 is 33.6. The molecular formula is C28H28ClNO9. The van der Waals surface area contributed by atoms with E-state index in [1.165, 1.54) is 41.6 Å². The molecule has 1 spiro atoms. The summed E-state index contributed by atoms with van der Waals surface area (Å²) in [6, 6.07) is 4.80. The lowest BCUT2D eigenvalue weighted by Gasteiger charge is -2.41. The summed E-state index contributed by atoms with van der Waals surface area (Å²) in [6.07, 6.45) is 0.148. The number of benzene rings is 2. The number of fused-ring (bicyclic) bond motifs is 1. The van der Waals surface area contributed by atoms with E-state index < -0.39 is 29.0 Å². The van der Waals surface area contributed by atoms with Crippen molar-refractivity contribution in [2.45, 2.75) is 31.3 Å². The van der Waals surface area contributed by atoms with Crippen molar-refractivity contribution in [2.24, 2.45) is 5.92 Å². The molecule has 0 fully saturated rings. The first-order valence-corrected chi connectivity index (χ1v) is 12.6. The summed E-state index contributed by atoms with van der Waals surface area (Å²) in [5.74, 6) is -1.08. The van der Waals surface area contributed by atoms with Gasteiger partial charge in [0.1, 0.15) is 27.8 Å². The number of methoxy groups -OCH3 is 5. The molecule has 3 atom stereocenters. The molecule has 39 heavy (non-hydrogen) atoms. The topological polar surface area (TPSA) is 119 Å². The number of allylic oxidation sites excluding steroid dienone is 1. The molecule has 0 saturated carbocycles. The summed E-state index contributed by atoms with van der Waals surface area (Å²) in [7, 11) is 7.30. The number of nitrogens with one attached hydrogen (secondary N) is 1. The van der Waals surface area contributed by atoms with Gasteiger partial charge in [-0.1, -0.05) is 18.5 Å².